The molecule has 5 nitrogen and oxygen atoms in total. The second-order valence-corrected chi connectivity index (χ2v) is 6.98. The lowest BCUT2D eigenvalue weighted by atomic mass is 10.2. The predicted molar refractivity (Wildman–Crippen MR) is 84.1 cm³/mol. The average molecular weight is 326 g/mol. The van der Waals surface area contributed by atoms with Crippen molar-refractivity contribution in [3.05, 3.63) is 46.2 Å². The zero-order chi connectivity index (χ0) is 15.3. The smallest absolute Gasteiger partial charge is 0.244 e. The lowest BCUT2D eigenvalue weighted by Gasteiger charge is -2.11. The van der Waals surface area contributed by atoms with Crippen molar-refractivity contribution in [3.63, 3.8) is 0 Å². The number of hydrogen-bond acceptors (Lipinski definition) is 5. The Kier molecular flexibility index (Phi) is 5.35. The van der Waals surface area contributed by atoms with Gasteiger partial charge in [0.2, 0.25) is 10.0 Å². The Morgan fingerprint density at radius 1 is 1.29 bits per heavy atom. The van der Waals surface area contributed by atoms with Gasteiger partial charge in [0, 0.05) is 13.1 Å². The van der Waals surface area contributed by atoms with Crippen molar-refractivity contribution >= 4 is 21.4 Å². The monoisotopic (exact) mass is 326 g/mol. The standard InChI is InChI=1S/C14H18N2O3S2/c1-19-13-8-12(9-15)2-3-14(13)21(17,18)16-6-4-11-5-7-20-10-11/h2-3,5,7-8,10,16H,4,6,9,15H2,1H3. The van der Waals surface area contributed by atoms with Crippen LogP contribution in [-0.2, 0) is 23.0 Å². The van der Waals surface area contributed by atoms with Crippen LogP contribution in [-0.4, -0.2) is 22.1 Å². The third kappa shape index (κ3) is 4.04. The third-order valence-electron chi connectivity index (χ3n) is 3.04. The van der Waals surface area contributed by atoms with Crippen molar-refractivity contribution < 1.29 is 13.2 Å². The SMILES string of the molecule is COc1cc(CN)ccc1S(=O)(=O)NCCc1ccsc1. The van der Waals surface area contributed by atoms with Crippen molar-refractivity contribution in [3.8, 4) is 5.75 Å². The van der Waals surface area contributed by atoms with Crippen LogP contribution in [0.1, 0.15) is 11.1 Å². The highest BCUT2D eigenvalue weighted by atomic mass is 32.2. The van der Waals surface area contributed by atoms with E-state index in [2.05, 4.69) is 4.72 Å². The van der Waals surface area contributed by atoms with Crippen LogP contribution in [0.15, 0.2) is 39.9 Å². The molecule has 7 heteroatoms. The van der Waals surface area contributed by atoms with Gasteiger partial charge in [0.15, 0.2) is 0 Å². The molecule has 1 aromatic heterocycles. The van der Waals surface area contributed by atoms with Crippen molar-refractivity contribution in [2.45, 2.75) is 17.9 Å². The van der Waals surface area contributed by atoms with Gasteiger partial charge in [-0.15, -0.1) is 0 Å². The number of methoxy groups -OCH3 is 1. The Bertz CT molecular complexity index is 682. The molecule has 0 amide bonds. The van der Waals surface area contributed by atoms with Crippen molar-refractivity contribution in [1.82, 2.24) is 4.72 Å². The maximum atomic E-state index is 12.3. The Morgan fingerprint density at radius 2 is 2.10 bits per heavy atom. The van der Waals surface area contributed by atoms with E-state index in [9.17, 15) is 8.42 Å². The summed E-state index contributed by atoms with van der Waals surface area (Å²) in [6, 6.07) is 6.84. The molecular formula is C14H18N2O3S2. The Hall–Kier alpha value is -1.41. The second kappa shape index (κ2) is 7.04. The molecule has 1 aromatic carbocycles. The molecule has 1 heterocycles. The number of rotatable bonds is 7. The molecule has 0 saturated carbocycles. The molecule has 0 saturated heterocycles. The van der Waals surface area contributed by atoms with Gasteiger partial charge >= 0.3 is 0 Å². The van der Waals surface area contributed by atoms with Crippen molar-refractivity contribution in [1.29, 1.82) is 0 Å². The maximum Gasteiger partial charge on any atom is 0.244 e. The third-order valence-corrected chi connectivity index (χ3v) is 5.27. The molecule has 0 aliphatic rings. The minimum absolute atomic E-state index is 0.132. The van der Waals surface area contributed by atoms with E-state index < -0.39 is 10.0 Å². The first-order valence-corrected chi connectivity index (χ1v) is 8.87. The number of sulfonamides is 1. The molecule has 3 N–H and O–H groups in total. The van der Waals surface area contributed by atoms with Crippen LogP contribution in [0.5, 0.6) is 5.75 Å². The summed E-state index contributed by atoms with van der Waals surface area (Å²) in [6.07, 6.45) is 0.659. The Labute approximate surface area is 128 Å². The van der Waals surface area contributed by atoms with Gasteiger partial charge in [-0.05, 0) is 46.5 Å². The fraction of sp³-hybridized carbons (Fsp3) is 0.286. The Balaban J connectivity index is 2.11. The lowest BCUT2D eigenvalue weighted by molar-refractivity contribution is 0.401. The van der Waals surface area contributed by atoms with Gasteiger partial charge in [0.05, 0.1) is 7.11 Å². The molecule has 21 heavy (non-hydrogen) atoms. The van der Waals surface area contributed by atoms with Crippen molar-refractivity contribution in [2.24, 2.45) is 5.73 Å². The summed E-state index contributed by atoms with van der Waals surface area (Å²) < 4.78 is 32.4. The van der Waals surface area contributed by atoms with E-state index in [1.165, 1.54) is 13.2 Å². The van der Waals surface area contributed by atoms with Gasteiger partial charge in [-0.25, -0.2) is 13.1 Å². The summed E-state index contributed by atoms with van der Waals surface area (Å²) in [6.45, 7) is 0.684. The minimum Gasteiger partial charge on any atom is -0.495 e. The fourth-order valence-electron chi connectivity index (χ4n) is 1.90. The molecule has 0 aliphatic heterocycles. The van der Waals surface area contributed by atoms with Crippen LogP contribution in [0, 0.1) is 0 Å². The second-order valence-electron chi connectivity index (χ2n) is 4.47. The summed E-state index contributed by atoms with van der Waals surface area (Å²) in [5.74, 6) is 0.306. The van der Waals surface area contributed by atoms with Gasteiger partial charge in [-0.3, -0.25) is 0 Å². The van der Waals surface area contributed by atoms with Crippen molar-refractivity contribution in [2.75, 3.05) is 13.7 Å². The normalized spacial score (nSPS) is 11.5. The highest BCUT2D eigenvalue weighted by molar-refractivity contribution is 7.89. The zero-order valence-electron chi connectivity index (χ0n) is 11.7. The van der Waals surface area contributed by atoms with E-state index >= 15 is 0 Å². The number of benzene rings is 1. The number of nitrogens with two attached hydrogens (primary N) is 1. The van der Waals surface area contributed by atoms with E-state index in [0.717, 1.165) is 11.1 Å². The number of nitrogens with one attached hydrogen (secondary N) is 1. The first-order chi connectivity index (χ1) is 10.1. The number of ether oxygens (including phenoxy) is 1. The summed E-state index contributed by atoms with van der Waals surface area (Å²) in [5.41, 5.74) is 7.49. The molecule has 0 radical (unpaired) electrons. The van der Waals surface area contributed by atoms with E-state index in [1.54, 1.807) is 23.5 Å². The summed E-state index contributed by atoms with van der Waals surface area (Å²) in [5, 5.41) is 3.98. The molecular weight excluding hydrogens is 308 g/mol. The minimum atomic E-state index is -3.59. The van der Waals surface area contributed by atoms with E-state index in [-0.39, 0.29) is 4.90 Å². The molecule has 0 spiro atoms. The van der Waals surface area contributed by atoms with Crippen LogP contribution in [0.3, 0.4) is 0 Å². The summed E-state index contributed by atoms with van der Waals surface area (Å²) in [7, 11) is -2.15. The van der Waals surface area contributed by atoms with Crippen LogP contribution in [0.2, 0.25) is 0 Å². The van der Waals surface area contributed by atoms with Crippen LogP contribution < -0.4 is 15.2 Å². The zero-order valence-corrected chi connectivity index (χ0v) is 13.3. The summed E-state index contributed by atoms with van der Waals surface area (Å²) >= 11 is 1.59. The number of thiophene rings is 1. The molecule has 0 aliphatic carbocycles. The van der Waals surface area contributed by atoms with Gasteiger partial charge in [0.25, 0.3) is 0 Å². The molecule has 0 atom stereocenters. The molecule has 0 unspecified atom stereocenters. The van der Waals surface area contributed by atoms with Crippen LogP contribution >= 0.6 is 11.3 Å². The van der Waals surface area contributed by atoms with Gasteiger partial charge in [-0.2, -0.15) is 11.3 Å². The van der Waals surface area contributed by atoms with Crippen LogP contribution in [0.4, 0.5) is 0 Å². The van der Waals surface area contributed by atoms with Crippen LogP contribution in [0.25, 0.3) is 0 Å². The molecule has 114 valence electrons. The molecule has 2 aromatic rings. The van der Waals surface area contributed by atoms with E-state index in [1.807, 2.05) is 16.8 Å². The fourth-order valence-corrected chi connectivity index (χ4v) is 3.79. The maximum absolute atomic E-state index is 12.3. The van der Waals surface area contributed by atoms with Gasteiger partial charge in [-0.1, -0.05) is 6.07 Å². The molecule has 0 bridgehead atoms. The lowest BCUT2D eigenvalue weighted by Crippen LogP contribution is -2.26. The highest BCUT2D eigenvalue weighted by Crippen LogP contribution is 2.24. The number of hydrogen-bond donors (Lipinski definition) is 2. The largest absolute Gasteiger partial charge is 0.495 e. The summed E-state index contributed by atoms with van der Waals surface area (Å²) in [4.78, 5) is 0.132. The van der Waals surface area contributed by atoms with Gasteiger partial charge in [0.1, 0.15) is 10.6 Å². The van der Waals surface area contributed by atoms with Gasteiger partial charge < -0.3 is 10.5 Å². The van der Waals surface area contributed by atoms with E-state index in [0.29, 0.717) is 25.3 Å². The quantitative estimate of drug-likeness (QED) is 0.812. The van der Waals surface area contributed by atoms with E-state index in [4.69, 9.17) is 10.5 Å². The highest BCUT2D eigenvalue weighted by Gasteiger charge is 2.19. The Morgan fingerprint density at radius 3 is 2.71 bits per heavy atom. The topological polar surface area (TPSA) is 81.4 Å². The molecule has 0 fully saturated rings. The predicted octanol–water partition coefficient (Wildman–Crippen LogP) is 1.74. The first-order valence-electron chi connectivity index (χ1n) is 6.44. The molecule has 2 rings (SSSR count). The average Bonchev–Trinajstić information content (AvgIpc) is 2.99. The first kappa shape index (κ1) is 16.0.